The quantitative estimate of drug-likeness (QED) is 0.0996. The van der Waals surface area contributed by atoms with Crippen molar-refractivity contribution in [3.63, 3.8) is 0 Å². The number of aliphatic hydroxyl groups is 1. The van der Waals surface area contributed by atoms with Gasteiger partial charge in [-0.1, -0.05) is 116 Å². The van der Waals surface area contributed by atoms with E-state index in [9.17, 15) is 14.5 Å². The molecule has 0 bridgehead atoms. The molecule has 0 saturated carbocycles. The molecule has 0 fully saturated rings. The molecule has 0 rings (SSSR count). The summed E-state index contributed by atoms with van der Waals surface area (Å²) in [4.78, 5) is 28.8. The van der Waals surface area contributed by atoms with Gasteiger partial charge in [-0.3, -0.25) is 9.32 Å². The number of hydrogen-bond acceptors (Lipinski definition) is 4. The van der Waals surface area contributed by atoms with Crippen molar-refractivity contribution in [1.29, 1.82) is 0 Å². The average Bonchev–Trinajstić information content (AvgIpc) is 2.75. The Balaban J connectivity index is 3.25. The van der Waals surface area contributed by atoms with Gasteiger partial charge in [-0.15, -0.1) is 0 Å². The minimum Gasteiger partial charge on any atom is -0.389 e. The van der Waals surface area contributed by atoms with Crippen molar-refractivity contribution in [2.75, 3.05) is 13.2 Å². The van der Waals surface area contributed by atoms with E-state index in [4.69, 9.17) is 9.79 Å². The molecule has 0 spiro atoms. The number of phosphoric acid groups is 1. The summed E-state index contributed by atoms with van der Waals surface area (Å²) in [5, 5.41) is 12.1. The number of carbonyl (C=O) groups excluding carboxylic acids is 1. The van der Waals surface area contributed by atoms with E-state index in [0.29, 0.717) is 6.42 Å². The maximum Gasteiger partial charge on any atom is 0.469 e. The van der Waals surface area contributed by atoms with Gasteiger partial charge in [-0.05, 0) is 6.42 Å². The highest BCUT2D eigenvalue weighted by molar-refractivity contribution is 7.46. The van der Waals surface area contributed by atoms with Gasteiger partial charge in [0.05, 0.1) is 12.7 Å². The van der Waals surface area contributed by atoms with Crippen molar-refractivity contribution < 1.29 is 28.8 Å². The lowest BCUT2D eigenvalue weighted by Crippen LogP contribution is -2.34. The van der Waals surface area contributed by atoms with Crippen molar-refractivity contribution in [3.05, 3.63) is 0 Å². The maximum atomic E-state index is 11.7. The highest BCUT2D eigenvalue weighted by Gasteiger charge is 2.17. The van der Waals surface area contributed by atoms with E-state index in [1.807, 2.05) is 0 Å². The molecule has 1 amide bonds. The fourth-order valence-electron chi connectivity index (χ4n) is 3.75. The van der Waals surface area contributed by atoms with Crippen molar-refractivity contribution in [2.24, 2.45) is 0 Å². The molecular weight excluding hydrogens is 429 g/mol. The number of amides is 1. The van der Waals surface area contributed by atoms with Crippen LogP contribution in [-0.2, 0) is 13.9 Å². The van der Waals surface area contributed by atoms with Crippen LogP contribution in [0.5, 0.6) is 0 Å². The summed E-state index contributed by atoms with van der Waals surface area (Å²) in [5.41, 5.74) is 0. The summed E-state index contributed by atoms with van der Waals surface area (Å²) in [7, 11) is -4.59. The lowest BCUT2D eigenvalue weighted by Gasteiger charge is -2.12. The molecule has 0 aliphatic heterocycles. The Morgan fingerprint density at radius 2 is 1.12 bits per heavy atom. The van der Waals surface area contributed by atoms with Gasteiger partial charge in [-0.2, -0.15) is 0 Å². The summed E-state index contributed by atoms with van der Waals surface area (Å²) >= 11 is 0. The monoisotopic (exact) mass is 479 g/mol. The first kappa shape index (κ1) is 31.5. The Labute approximate surface area is 196 Å². The van der Waals surface area contributed by atoms with Crippen LogP contribution in [0, 0.1) is 0 Å². The van der Waals surface area contributed by atoms with E-state index in [1.54, 1.807) is 0 Å². The zero-order valence-electron chi connectivity index (χ0n) is 20.4. The summed E-state index contributed by atoms with van der Waals surface area (Å²) in [6.07, 6.45) is 22.8. The topological polar surface area (TPSA) is 116 Å². The normalized spacial score (nSPS) is 12.8. The lowest BCUT2D eigenvalue weighted by molar-refractivity contribution is -0.121. The zero-order valence-corrected chi connectivity index (χ0v) is 21.3. The molecule has 0 aliphatic carbocycles. The molecule has 192 valence electrons. The molecule has 0 aliphatic rings. The maximum absolute atomic E-state index is 11.7. The van der Waals surface area contributed by atoms with Gasteiger partial charge < -0.3 is 20.2 Å². The van der Waals surface area contributed by atoms with E-state index >= 15 is 0 Å². The number of aliphatic hydroxyl groups excluding tert-OH is 1. The molecule has 0 aromatic heterocycles. The number of hydrogen-bond donors (Lipinski definition) is 4. The molecule has 32 heavy (non-hydrogen) atoms. The Morgan fingerprint density at radius 3 is 1.50 bits per heavy atom. The van der Waals surface area contributed by atoms with Gasteiger partial charge in [0.2, 0.25) is 5.91 Å². The third-order valence-electron chi connectivity index (χ3n) is 5.73. The predicted octanol–water partition coefficient (Wildman–Crippen LogP) is 6.00. The Morgan fingerprint density at radius 1 is 0.750 bits per heavy atom. The molecule has 1 unspecified atom stereocenters. The number of unbranched alkanes of at least 4 members (excludes halogenated alkanes) is 17. The average molecular weight is 480 g/mol. The minimum atomic E-state index is -4.59. The molecule has 8 heteroatoms. The van der Waals surface area contributed by atoms with E-state index in [1.165, 1.54) is 96.3 Å². The Hall–Kier alpha value is -0.460. The first-order valence-corrected chi connectivity index (χ1v) is 14.5. The van der Waals surface area contributed by atoms with E-state index < -0.39 is 20.5 Å². The highest BCUT2D eigenvalue weighted by Crippen LogP contribution is 2.35. The second kappa shape index (κ2) is 22.3. The Kier molecular flexibility index (Phi) is 22.0. The first-order chi connectivity index (χ1) is 15.3. The van der Waals surface area contributed by atoms with Crippen LogP contribution in [0.25, 0.3) is 0 Å². The van der Waals surface area contributed by atoms with Gasteiger partial charge in [0.25, 0.3) is 0 Å². The molecule has 7 nitrogen and oxygen atoms in total. The largest absolute Gasteiger partial charge is 0.469 e. The van der Waals surface area contributed by atoms with Gasteiger partial charge in [0.1, 0.15) is 0 Å². The molecular formula is C24H50NO6P. The zero-order chi connectivity index (χ0) is 23.9. The van der Waals surface area contributed by atoms with Crippen LogP contribution in [0.1, 0.15) is 129 Å². The Bertz CT molecular complexity index is 471. The second-order valence-electron chi connectivity index (χ2n) is 9.00. The number of rotatable bonds is 24. The molecule has 0 aromatic rings. The highest BCUT2D eigenvalue weighted by atomic mass is 31.2. The van der Waals surface area contributed by atoms with E-state index in [2.05, 4.69) is 16.8 Å². The van der Waals surface area contributed by atoms with Crippen molar-refractivity contribution >= 4 is 13.7 Å². The SMILES string of the molecule is CCCCCCCCCCCCCCCCCCCCC(=O)NCC(O)COP(=O)(O)O. The van der Waals surface area contributed by atoms with Crippen LogP contribution in [0.15, 0.2) is 0 Å². The van der Waals surface area contributed by atoms with Crippen molar-refractivity contribution in [1.82, 2.24) is 5.32 Å². The number of nitrogens with one attached hydrogen (secondary N) is 1. The number of carbonyl (C=O) groups is 1. The summed E-state index contributed by atoms with van der Waals surface area (Å²) in [5.74, 6) is -0.156. The summed E-state index contributed by atoms with van der Waals surface area (Å²) in [6, 6.07) is 0. The van der Waals surface area contributed by atoms with E-state index in [-0.39, 0.29) is 12.5 Å². The van der Waals surface area contributed by atoms with Crippen LogP contribution < -0.4 is 5.32 Å². The third-order valence-corrected chi connectivity index (χ3v) is 6.21. The van der Waals surface area contributed by atoms with Crippen molar-refractivity contribution in [2.45, 2.75) is 135 Å². The van der Waals surface area contributed by atoms with Gasteiger partial charge in [0, 0.05) is 13.0 Å². The fraction of sp³-hybridized carbons (Fsp3) is 0.958. The molecule has 0 saturated heterocycles. The second-order valence-corrected chi connectivity index (χ2v) is 10.2. The van der Waals surface area contributed by atoms with Crippen LogP contribution in [-0.4, -0.2) is 40.1 Å². The lowest BCUT2D eigenvalue weighted by atomic mass is 10.0. The van der Waals surface area contributed by atoms with Gasteiger partial charge in [0.15, 0.2) is 0 Å². The summed E-state index contributed by atoms with van der Waals surface area (Å²) in [6.45, 7) is 1.69. The first-order valence-electron chi connectivity index (χ1n) is 13.0. The van der Waals surface area contributed by atoms with Crippen LogP contribution in [0.2, 0.25) is 0 Å². The third kappa shape index (κ3) is 25.8. The number of phosphoric ester groups is 1. The smallest absolute Gasteiger partial charge is 0.389 e. The van der Waals surface area contributed by atoms with Crippen molar-refractivity contribution in [3.8, 4) is 0 Å². The van der Waals surface area contributed by atoms with Gasteiger partial charge in [-0.25, -0.2) is 4.57 Å². The standard InChI is InChI=1S/C24H50NO6P/c1-2-3-4-5-6-7-8-9-10-11-12-13-14-15-16-17-18-19-20-24(27)25-21-23(26)22-31-32(28,29)30/h23,26H,2-22H2,1H3,(H,25,27)(H2,28,29,30). The van der Waals surface area contributed by atoms with Gasteiger partial charge >= 0.3 is 7.82 Å². The van der Waals surface area contributed by atoms with Crippen LogP contribution in [0.3, 0.4) is 0 Å². The minimum absolute atomic E-state index is 0.0715. The molecule has 1 atom stereocenters. The van der Waals surface area contributed by atoms with Crippen LogP contribution in [0.4, 0.5) is 0 Å². The molecule has 4 N–H and O–H groups in total. The summed E-state index contributed by atoms with van der Waals surface area (Å²) < 4.78 is 14.7. The predicted molar refractivity (Wildman–Crippen MR) is 130 cm³/mol. The molecule has 0 aromatic carbocycles. The van der Waals surface area contributed by atoms with E-state index in [0.717, 1.165) is 19.3 Å². The molecule has 0 radical (unpaired) electrons. The molecule has 0 heterocycles. The van der Waals surface area contributed by atoms with Crippen LogP contribution >= 0.6 is 7.82 Å². The fourth-order valence-corrected chi connectivity index (χ4v) is 4.12.